The number of aryl methyl sites for hydroxylation is 1. The van der Waals surface area contributed by atoms with Crippen LogP contribution in [0.25, 0.3) is 0 Å². The Hall–Kier alpha value is -1.60. The van der Waals surface area contributed by atoms with Crippen LogP contribution in [0, 0.1) is 6.92 Å². The zero-order valence-corrected chi connectivity index (χ0v) is 12.8. The number of carbonyl (C=O) groups is 1. The van der Waals surface area contributed by atoms with Gasteiger partial charge in [0.25, 0.3) is 0 Å². The minimum absolute atomic E-state index is 0.0996. The van der Waals surface area contributed by atoms with E-state index in [1.807, 2.05) is 6.92 Å². The van der Waals surface area contributed by atoms with Gasteiger partial charge in [-0.2, -0.15) is 0 Å². The predicted molar refractivity (Wildman–Crippen MR) is 77.0 cm³/mol. The highest BCUT2D eigenvalue weighted by Crippen LogP contribution is 2.36. The summed E-state index contributed by atoms with van der Waals surface area (Å²) < 4.78 is 27.7. The average Bonchev–Trinajstić information content (AvgIpc) is 2.33. The minimum Gasteiger partial charge on any atom is -0.507 e. The summed E-state index contributed by atoms with van der Waals surface area (Å²) in [4.78, 5) is 10.9. The topological polar surface area (TPSA) is 104 Å². The van der Waals surface area contributed by atoms with Crippen LogP contribution >= 0.6 is 0 Å². The van der Waals surface area contributed by atoms with Gasteiger partial charge in [0.05, 0.1) is 4.90 Å². The number of aromatic carboxylic acids is 1. The average molecular weight is 313 g/mol. The molecule has 1 fully saturated rings. The van der Waals surface area contributed by atoms with Gasteiger partial charge in [-0.15, -0.1) is 0 Å². The van der Waals surface area contributed by atoms with E-state index in [0.29, 0.717) is 12.0 Å². The Bertz CT molecular complexity index is 671. The first kappa shape index (κ1) is 15.8. The standard InChI is InChI=1S/C14H19NO5S/c1-3-14(5-4-6-14)15-21(19,20)12-8-10(13(17)18)11(16)7-9(12)2/h7-8,15-16H,3-6H2,1-2H3,(H,17,18). The highest BCUT2D eigenvalue weighted by atomic mass is 32.2. The van der Waals surface area contributed by atoms with E-state index in [9.17, 15) is 18.3 Å². The normalized spacial score (nSPS) is 17.2. The molecule has 0 unspecified atom stereocenters. The number of carboxylic acid groups (broad SMARTS) is 1. The van der Waals surface area contributed by atoms with E-state index < -0.39 is 32.8 Å². The van der Waals surface area contributed by atoms with Crippen molar-refractivity contribution in [2.45, 2.75) is 50.0 Å². The highest BCUT2D eigenvalue weighted by Gasteiger charge is 2.39. The molecule has 1 aliphatic carbocycles. The second-order valence-corrected chi connectivity index (χ2v) is 7.18. The van der Waals surface area contributed by atoms with E-state index in [2.05, 4.69) is 4.72 Å². The summed E-state index contributed by atoms with van der Waals surface area (Å²) in [5.41, 5.74) is -0.525. The van der Waals surface area contributed by atoms with Gasteiger partial charge in [0.15, 0.2) is 0 Å². The number of nitrogens with one attached hydrogen (secondary N) is 1. The Kier molecular flexibility index (Phi) is 3.99. The van der Waals surface area contributed by atoms with Crippen LogP contribution in [0.15, 0.2) is 17.0 Å². The largest absolute Gasteiger partial charge is 0.507 e. The van der Waals surface area contributed by atoms with Crippen molar-refractivity contribution in [3.8, 4) is 5.75 Å². The lowest BCUT2D eigenvalue weighted by Crippen LogP contribution is -2.52. The van der Waals surface area contributed by atoms with Crippen molar-refractivity contribution in [3.05, 3.63) is 23.3 Å². The molecule has 21 heavy (non-hydrogen) atoms. The fourth-order valence-electron chi connectivity index (χ4n) is 2.60. The third-order valence-electron chi connectivity index (χ3n) is 4.15. The molecule has 0 atom stereocenters. The van der Waals surface area contributed by atoms with Crippen LogP contribution in [-0.4, -0.2) is 30.1 Å². The second kappa shape index (κ2) is 5.31. The van der Waals surface area contributed by atoms with Gasteiger partial charge in [-0.3, -0.25) is 0 Å². The van der Waals surface area contributed by atoms with Gasteiger partial charge in [-0.05, 0) is 50.3 Å². The number of aromatic hydroxyl groups is 1. The van der Waals surface area contributed by atoms with Gasteiger partial charge < -0.3 is 10.2 Å². The van der Waals surface area contributed by atoms with Crippen LogP contribution in [0.2, 0.25) is 0 Å². The first-order chi connectivity index (χ1) is 9.71. The quantitative estimate of drug-likeness (QED) is 0.771. The van der Waals surface area contributed by atoms with Crippen molar-refractivity contribution < 1.29 is 23.4 Å². The molecule has 0 aromatic heterocycles. The molecule has 0 bridgehead atoms. The maximum absolute atomic E-state index is 12.5. The Labute approximate surface area is 123 Å². The summed E-state index contributed by atoms with van der Waals surface area (Å²) in [7, 11) is -3.82. The van der Waals surface area contributed by atoms with Crippen LogP contribution < -0.4 is 4.72 Å². The van der Waals surface area contributed by atoms with Crippen molar-refractivity contribution in [2.75, 3.05) is 0 Å². The van der Waals surface area contributed by atoms with E-state index >= 15 is 0 Å². The first-order valence-electron chi connectivity index (χ1n) is 6.82. The molecule has 1 saturated carbocycles. The lowest BCUT2D eigenvalue weighted by Gasteiger charge is -2.41. The second-order valence-electron chi connectivity index (χ2n) is 5.53. The van der Waals surface area contributed by atoms with E-state index in [0.717, 1.165) is 31.4 Å². The van der Waals surface area contributed by atoms with Gasteiger partial charge in [0, 0.05) is 5.54 Å². The molecule has 0 heterocycles. The Morgan fingerprint density at radius 2 is 2.00 bits per heavy atom. The van der Waals surface area contributed by atoms with E-state index in [-0.39, 0.29) is 4.90 Å². The van der Waals surface area contributed by atoms with Crippen LogP contribution in [-0.2, 0) is 10.0 Å². The van der Waals surface area contributed by atoms with Crippen molar-refractivity contribution in [3.63, 3.8) is 0 Å². The third-order valence-corrected chi connectivity index (χ3v) is 5.87. The van der Waals surface area contributed by atoms with E-state index in [1.54, 1.807) is 0 Å². The summed E-state index contributed by atoms with van der Waals surface area (Å²) in [5, 5.41) is 18.6. The molecule has 0 radical (unpaired) electrons. The maximum Gasteiger partial charge on any atom is 0.339 e. The molecule has 0 spiro atoms. The van der Waals surface area contributed by atoms with Crippen molar-refractivity contribution in [2.24, 2.45) is 0 Å². The SMILES string of the molecule is CCC1(NS(=O)(=O)c2cc(C(=O)O)c(O)cc2C)CCC1. The predicted octanol–water partition coefficient (Wildman–Crippen LogP) is 2.01. The molecule has 0 amide bonds. The number of benzene rings is 1. The summed E-state index contributed by atoms with van der Waals surface area (Å²) in [5.74, 6) is -1.80. The molecule has 3 N–H and O–H groups in total. The summed E-state index contributed by atoms with van der Waals surface area (Å²) in [6, 6.07) is 2.18. The fourth-order valence-corrected chi connectivity index (χ4v) is 4.39. The number of hydrogen-bond acceptors (Lipinski definition) is 4. The lowest BCUT2D eigenvalue weighted by molar-refractivity contribution is 0.0693. The number of hydrogen-bond donors (Lipinski definition) is 3. The summed E-state index contributed by atoms with van der Waals surface area (Å²) in [6.07, 6.45) is 3.23. The zero-order chi connectivity index (χ0) is 15.8. The monoisotopic (exact) mass is 313 g/mol. The van der Waals surface area contributed by atoms with Crippen LogP contribution in [0.4, 0.5) is 0 Å². The molecule has 1 aliphatic rings. The highest BCUT2D eigenvalue weighted by molar-refractivity contribution is 7.89. The van der Waals surface area contributed by atoms with Gasteiger partial charge >= 0.3 is 5.97 Å². The fraction of sp³-hybridized carbons (Fsp3) is 0.500. The Morgan fingerprint density at radius 1 is 1.38 bits per heavy atom. The van der Waals surface area contributed by atoms with Crippen LogP contribution in [0.3, 0.4) is 0 Å². The molecule has 6 nitrogen and oxygen atoms in total. The van der Waals surface area contributed by atoms with Gasteiger partial charge in [0.2, 0.25) is 10.0 Å². The molecule has 1 aromatic carbocycles. The van der Waals surface area contributed by atoms with Gasteiger partial charge in [-0.1, -0.05) is 6.92 Å². The van der Waals surface area contributed by atoms with Crippen molar-refractivity contribution >= 4 is 16.0 Å². The minimum atomic E-state index is -3.82. The Morgan fingerprint density at radius 3 is 2.43 bits per heavy atom. The number of phenols is 1. The summed E-state index contributed by atoms with van der Waals surface area (Å²) in [6.45, 7) is 3.45. The molecular weight excluding hydrogens is 294 g/mol. The lowest BCUT2D eigenvalue weighted by atomic mass is 9.76. The maximum atomic E-state index is 12.5. The third kappa shape index (κ3) is 2.89. The van der Waals surface area contributed by atoms with Gasteiger partial charge in [0.1, 0.15) is 11.3 Å². The Balaban J connectivity index is 2.45. The first-order valence-corrected chi connectivity index (χ1v) is 8.30. The van der Waals surface area contributed by atoms with Crippen LogP contribution in [0.5, 0.6) is 5.75 Å². The zero-order valence-electron chi connectivity index (χ0n) is 12.0. The van der Waals surface area contributed by atoms with E-state index in [4.69, 9.17) is 5.11 Å². The molecule has 116 valence electrons. The number of carboxylic acids is 1. The number of sulfonamides is 1. The van der Waals surface area contributed by atoms with Crippen LogP contribution in [0.1, 0.15) is 48.5 Å². The van der Waals surface area contributed by atoms with Crippen molar-refractivity contribution in [1.29, 1.82) is 0 Å². The molecule has 1 aromatic rings. The molecular formula is C14H19NO5S. The van der Waals surface area contributed by atoms with Gasteiger partial charge in [-0.25, -0.2) is 17.9 Å². The molecule has 7 heteroatoms. The molecule has 0 saturated heterocycles. The molecule has 2 rings (SSSR count). The smallest absolute Gasteiger partial charge is 0.339 e. The van der Waals surface area contributed by atoms with Crippen molar-refractivity contribution in [1.82, 2.24) is 4.72 Å². The number of rotatable bonds is 5. The molecule has 0 aliphatic heterocycles. The summed E-state index contributed by atoms with van der Waals surface area (Å²) >= 11 is 0. The van der Waals surface area contributed by atoms with E-state index in [1.165, 1.54) is 6.92 Å².